The average Bonchev–Trinajstić information content (AvgIpc) is 2.64. The predicted octanol–water partition coefficient (Wildman–Crippen LogP) is 3.57. The minimum absolute atomic E-state index is 0.0869. The second kappa shape index (κ2) is 7.33. The minimum atomic E-state index is -1.39. The lowest BCUT2D eigenvalue weighted by molar-refractivity contribution is 0.0303. The monoisotopic (exact) mass is 369 g/mol. The predicted molar refractivity (Wildman–Crippen MR) is 105 cm³/mol. The summed E-state index contributed by atoms with van der Waals surface area (Å²) in [4.78, 5) is 4.10. The number of aliphatic hydroxyl groups excluding tert-OH is 2. The normalized spacial score (nSPS) is 30.9. The summed E-state index contributed by atoms with van der Waals surface area (Å²) < 4.78 is 5.18. The highest BCUT2D eigenvalue weighted by Crippen LogP contribution is 2.46. The molecule has 0 saturated carbocycles. The van der Waals surface area contributed by atoms with Crippen molar-refractivity contribution >= 4 is 5.57 Å². The second-order valence-electron chi connectivity index (χ2n) is 7.51. The number of aliphatic hydroxyl groups is 3. The van der Waals surface area contributed by atoms with Gasteiger partial charge < -0.3 is 20.1 Å². The van der Waals surface area contributed by atoms with Crippen LogP contribution < -0.4 is 4.74 Å². The molecule has 0 radical (unpaired) electrons. The standard InChI is InChI=1S/C22H27NO4/c1-13(2)22(26)12-17(15-7-8-23-20(11-15)27-4)10-19(25)21(22)16-5-6-18(24)14(3)9-16/h7-12,16,18,21,24-26H,1,5-6H2,2-4H3/t16?,18?,21-,22?/m0/s1. The molecule has 0 spiro atoms. The molecule has 4 atom stereocenters. The van der Waals surface area contributed by atoms with Crippen LogP contribution in [0.1, 0.15) is 32.3 Å². The lowest BCUT2D eigenvalue weighted by atomic mass is 9.66. The van der Waals surface area contributed by atoms with Crippen LogP contribution in [-0.4, -0.2) is 39.1 Å². The van der Waals surface area contributed by atoms with Crippen LogP contribution in [0.5, 0.6) is 5.88 Å². The molecule has 5 heteroatoms. The van der Waals surface area contributed by atoms with Crippen LogP contribution in [0.25, 0.3) is 5.57 Å². The van der Waals surface area contributed by atoms with Gasteiger partial charge in [0.05, 0.1) is 19.1 Å². The minimum Gasteiger partial charge on any atom is -0.512 e. The molecule has 3 N–H and O–H groups in total. The molecule has 1 heterocycles. The van der Waals surface area contributed by atoms with E-state index in [1.165, 1.54) is 0 Å². The fourth-order valence-electron chi connectivity index (χ4n) is 4.02. The summed E-state index contributed by atoms with van der Waals surface area (Å²) >= 11 is 0. The van der Waals surface area contributed by atoms with Gasteiger partial charge in [0.2, 0.25) is 5.88 Å². The molecule has 0 aromatic carbocycles. The Morgan fingerprint density at radius 3 is 2.74 bits per heavy atom. The summed E-state index contributed by atoms with van der Waals surface area (Å²) in [6, 6.07) is 3.56. The smallest absolute Gasteiger partial charge is 0.213 e. The van der Waals surface area contributed by atoms with Crippen molar-refractivity contribution in [1.82, 2.24) is 4.98 Å². The van der Waals surface area contributed by atoms with Crippen molar-refractivity contribution in [2.45, 2.75) is 38.4 Å². The van der Waals surface area contributed by atoms with E-state index in [4.69, 9.17) is 4.74 Å². The molecular weight excluding hydrogens is 342 g/mol. The lowest BCUT2D eigenvalue weighted by Gasteiger charge is -2.42. The van der Waals surface area contributed by atoms with Gasteiger partial charge in [-0.05, 0) is 73.1 Å². The SMILES string of the molecule is C=C(C)C1(O)C=C(c2ccnc(OC)c2)C=C(O)[C@@H]1C1C=C(C)C(O)CC1. The van der Waals surface area contributed by atoms with E-state index in [1.807, 2.05) is 13.0 Å². The van der Waals surface area contributed by atoms with Crippen molar-refractivity contribution in [1.29, 1.82) is 0 Å². The second-order valence-corrected chi connectivity index (χ2v) is 7.51. The summed E-state index contributed by atoms with van der Waals surface area (Å²) in [6.45, 7) is 7.63. The summed E-state index contributed by atoms with van der Waals surface area (Å²) in [5.74, 6) is -0.0533. The van der Waals surface area contributed by atoms with Crippen molar-refractivity contribution in [2.75, 3.05) is 7.11 Å². The quantitative estimate of drug-likeness (QED) is 0.707. The summed E-state index contributed by atoms with van der Waals surface area (Å²) in [5.41, 5.74) is 1.51. The first kappa shape index (κ1) is 19.4. The molecule has 3 unspecified atom stereocenters. The van der Waals surface area contributed by atoms with E-state index in [9.17, 15) is 15.3 Å². The van der Waals surface area contributed by atoms with E-state index in [2.05, 4.69) is 11.6 Å². The molecule has 2 aliphatic rings. The van der Waals surface area contributed by atoms with Crippen molar-refractivity contribution in [3.05, 3.63) is 65.6 Å². The number of pyridine rings is 1. The fourth-order valence-corrected chi connectivity index (χ4v) is 4.02. The topological polar surface area (TPSA) is 82.8 Å². The van der Waals surface area contributed by atoms with Crippen molar-refractivity contribution < 1.29 is 20.1 Å². The van der Waals surface area contributed by atoms with Crippen LogP contribution >= 0.6 is 0 Å². The molecule has 1 aromatic heterocycles. The third-order valence-electron chi connectivity index (χ3n) is 5.64. The van der Waals surface area contributed by atoms with Gasteiger partial charge in [0, 0.05) is 12.3 Å². The number of methoxy groups -OCH3 is 1. The Morgan fingerprint density at radius 1 is 1.37 bits per heavy atom. The summed E-state index contributed by atoms with van der Waals surface area (Å²) in [5, 5.41) is 32.4. The van der Waals surface area contributed by atoms with E-state index in [0.29, 0.717) is 29.9 Å². The first-order valence-electron chi connectivity index (χ1n) is 9.15. The zero-order valence-corrected chi connectivity index (χ0v) is 16.0. The molecular formula is C22H27NO4. The Labute approximate surface area is 160 Å². The van der Waals surface area contributed by atoms with Crippen LogP contribution in [-0.2, 0) is 0 Å². The molecule has 0 bridgehead atoms. The van der Waals surface area contributed by atoms with E-state index in [0.717, 1.165) is 11.1 Å². The molecule has 0 aliphatic heterocycles. The zero-order valence-electron chi connectivity index (χ0n) is 16.0. The van der Waals surface area contributed by atoms with Gasteiger partial charge in [-0.2, -0.15) is 0 Å². The number of aromatic nitrogens is 1. The first-order chi connectivity index (χ1) is 12.8. The maximum atomic E-state index is 11.5. The fraction of sp³-hybridized carbons (Fsp3) is 0.409. The third-order valence-corrected chi connectivity index (χ3v) is 5.64. The maximum Gasteiger partial charge on any atom is 0.213 e. The molecule has 3 rings (SSSR count). The molecule has 0 saturated heterocycles. The van der Waals surface area contributed by atoms with Gasteiger partial charge >= 0.3 is 0 Å². The van der Waals surface area contributed by atoms with Crippen LogP contribution in [0.3, 0.4) is 0 Å². The Bertz CT molecular complexity index is 838. The van der Waals surface area contributed by atoms with Gasteiger partial charge in [0.25, 0.3) is 0 Å². The average molecular weight is 369 g/mol. The maximum absolute atomic E-state index is 11.5. The Balaban J connectivity index is 2.05. The molecule has 144 valence electrons. The third kappa shape index (κ3) is 3.57. The number of ether oxygens (including phenoxy) is 1. The number of rotatable bonds is 4. The van der Waals surface area contributed by atoms with Crippen LogP contribution in [0.15, 0.2) is 60.0 Å². The van der Waals surface area contributed by atoms with Gasteiger partial charge in [0.15, 0.2) is 0 Å². The van der Waals surface area contributed by atoms with E-state index < -0.39 is 17.6 Å². The number of nitrogens with zero attached hydrogens (tertiary/aromatic N) is 1. The van der Waals surface area contributed by atoms with Crippen LogP contribution in [0.2, 0.25) is 0 Å². The van der Waals surface area contributed by atoms with Gasteiger partial charge in [-0.3, -0.25) is 0 Å². The summed E-state index contributed by atoms with van der Waals surface area (Å²) in [7, 11) is 1.54. The number of hydrogen-bond acceptors (Lipinski definition) is 5. The zero-order chi connectivity index (χ0) is 19.8. The van der Waals surface area contributed by atoms with Gasteiger partial charge in [0.1, 0.15) is 11.4 Å². The van der Waals surface area contributed by atoms with Crippen LogP contribution in [0.4, 0.5) is 0 Å². The van der Waals surface area contributed by atoms with Gasteiger partial charge in [-0.1, -0.05) is 12.7 Å². The van der Waals surface area contributed by atoms with Crippen LogP contribution in [0, 0.1) is 11.8 Å². The van der Waals surface area contributed by atoms with Gasteiger partial charge in [-0.15, -0.1) is 0 Å². The molecule has 27 heavy (non-hydrogen) atoms. The van der Waals surface area contributed by atoms with Crippen molar-refractivity contribution in [3.8, 4) is 5.88 Å². The van der Waals surface area contributed by atoms with E-state index in [-0.39, 0.29) is 11.7 Å². The lowest BCUT2D eigenvalue weighted by Crippen LogP contribution is -2.44. The Kier molecular flexibility index (Phi) is 5.27. The molecule has 2 aliphatic carbocycles. The van der Waals surface area contributed by atoms with Crippen molar-refractivity contribution in [3.63, 3.8) is 0 Å². The molecule has 5 nitrogen and oxygen atoms in total. The molecule has 0 amide bonds. The Hall–Kier alpha value is -2.37. The summed E-state index contributed by atoms with van der Waals surface area (Å²) in [6.07, 6.45) is 7.87. The Morgan fingerprint density at radius 2 is 2.11 bits per heavy atom. The highest BCUT2D eigenvalue weighted by Gasteiger charge is 2.45. The largest absolute Gasteiger partial charge is 0.512 e. The molecule has 0 fully saturated rings. The van der Waals surface area contributed by atoms with E-state index >= 15 is 0 Å². The highest BCUT2D eigenvalue weighted by molar-refractivity contribution is 5.78. The highest BCUT2D eigenvalue weighted by atomic mass is 16.5. The number of hydrogen-bond donors (Lipinski definition) is 3. The molecule has 1 aromatic rings. The first-order valence-corrected chi connectivity index (χ1v) is 9.15. The van der Waals surface area contributed by atoms with Crippen molar-refractivity contribution in [2.24, 2.45) is 11.8 Å². The van der Waals surface area contributed by atoms with E-state index in [1.54, 1.807) is 44.5 Å². The van der Waals surface area contributed by atoms with Gasteiger partial charge in [-0.25, -0.2) is 4.98 Å². The number of allylic oxidation sites excluding steroid dienone is 3.